The molecule has 7 nitrogen and oxygen atoms in total. The van der Waals surface area contributed by atoms with Crippen LogP contribution in [-0.2, 0) is 4.79 Å². The lowest BCUT2D eigenvalue weighted by molar-refractivity contribution is -0.112. The smallest absolute Gasteiger partial charge is 0.268 e. The highest BCUT2D eigenvalue weighted by Crippen LogP contribution is 2.27. The minimum absolute atomic E-state index is 0.109. The summed E-state index contributed by atoms with van der Waals surface area (Å²) >= 11 is 1.19. The summed E-state index contributed by atoms with van der Waals surface area (Å²) in [5.41, 5.74) is 1.94. The van der Waals surface area contributed by atoms with E-state index < -0.39 is 5.91 Å². The number of hydrogen-bond donors (Lipinski definition) is 1. The number of para-hydroxylation sites is 1. The Morgan fingerprint density at radius 3 is 2.83 bits per heavy atom. The van der Waals surface area contributed by atoms with Crippen molar-refractivity contribution in [2.75, 3.05) is 5.32 Å². The first kappa shape index (κ1) is 19.2. The largest absolute Gasteiger partial charge is 0.463 e. The number of amides is 1. The maximum Gasteiger partial charge on any atom is 0.268 e. The summed E-state index contributed by atoms with van der Waals surface area (Å²) in [5.74, 6) is -0.683. The summed E-state index contributed by atoms with van der Waals surface area (Å²) in [4.78, 5) is 25.1. The number of nitrogens with one attached hydrogen (secondary N) is 1. The Balaban J connectivity index is 1.59. The molecule has 0 unspecified atom stereocenters. The second kappa shape index (κ2) is 8.11. The molecule has 0 aliphatic carbocycles. The lowest BCUT2D eigenvalue weighted by Gasteiger charge is -2.01. The Labute approximate surface area is 174 Å². The van der Waals surface area contributed by atoms with E-state index in [2.05, 4.69) is 15.5 Å². The van der Waals surface area contributed by atoms with E-state index in [0.717, 1.165) is 11.1 Å². The average molecular weight is 414 g/mol. The van der Waals surface area contributed by atoms with Gasteiger partial charge in [-0.2, -0.15) is 5.26 Å². The van der Waals surface area contributed by atoms with Crippen molar-refractivity contribution >= 4 is 39.4 Å². The lowest BCUT2D eigenvalue weighted by atomic mass is 10.1. The highest BCUT2D eigenvalue weighted by atomic mass is 32.1. The number of rotatable bonds is 4. The number of anilines is 1. The van der Waals surface area contributed by atoms with Gasteiger partial charge in [0.2, 0.25) is 5.13 Å². The Bertz CT molecular complexity index is 1400. The zero-order valence-corrected chi connectivity index (χ0v) is 16.6. The first-order valence-electron chi connectivity index (χ1n) is 8.89. The first-order valence-corrected chi connectivity index (χ1v) is 9.71. The van der Waals surface area contributed by atoms with Crippen LogP contribution in [0.2, 0.25) is 0 Å². The van der Waals surface area contributed by atoms with Gasteiger partial charge in [0.25, 0.3) is 5.91 Å². The van der Waals surface area contributed by atoms with Gasteiger partial charge in [-0.15, -0.1) is 10.2 Å². The number of carbonyl (C=O) groups is 1. The van der Waals surface area contributed by atoms with Crippen molar-refractivity contribution in [3.05, 3.63) is 81.7 Å². The fraction of sp³-hybridized carbons (Fsp3) is 0.0455. The van der Waals surface area contributed by atoms with Gasteiger partial charge in [0.1, 0.15) is 28.5 Å². The molecule has 2 aromatic heterocycles. The second-order valence-electron chi connectivity index (χ2n) is 6.42. The van der Waals surface area contributed by atoms with Crippen LogP contribution >= 0.6 is 11.3 Å². The van der Waals surface area contributed by atoms with Crippen molar-refractivity contribution in [3.8, 4) is 16.6 Å². The third kappa shape index (κ3) is 3.87. The summed E-state index contributed by atoms with van der Waals surface area (Å²) in [6, 6.07) is 16.3. The average Bonchev–Trinajstić information content (AvgIpc) is 3.22. The molecule has 0 fully saturated rings. The van der Waals surface area contributed by atoms with Gasteiger partial charge in [-0.25, -0.2) is 0 Å². The van der Waals surface area contributed by atoms with Crippen LogP contribution in [0.4, 0.5) is 5.13 Å². The molecule has 0 saturated heterocycles. The predicted octanol–water partition coefficient (Wildman–Crippen LogP) is 4.17. The highest BCUT2D eigenvalue weighted by molar-refractivity contribution is 7.18. The van der Waals surface area contributed by atoms with Gasteiger partial charge < -0.3 is 4.42 Å². The summed E-state index contributed by atoms with van der Waals surface area (Å²) in [6.07, 6.45) is 2.44. The third-order valence-corrected chi connectivity index (χ3v) is 5.17. The molecule has 1 N–H and O–H groups in total. The molecule has 2 heterocycles. The van der Waals surface area contributed by atoms with Crippen LogP contribution < -0.4 is 10.7 Å². The number of aromatic nitrogens is 2. The molecule has 0 radical (unpaired) electrons. The van der Waals surface area contributed by atoms with Gasteiger partial charge in [0, 0.05) is 5.56 Å². The summed E-state index contributed by atoms with van der Waals surface area (Å²) < 4.78 is 5.42. The Morgan fingerprint density at radius 1 is 1.20 bits per heavy atom. The molecule has 4 rings (SSSR count). The van der Waals surface area contributed by atoms with Crippen LogP contribution in [0.25, 0.3) is 27.6 Å². The molecule has 1 amide bonds. The van der Waals surface area contributed by atoms with Crippen LogP contribution in [0.15, 0.2) is 69.6 Å². The molecular weight excluding hydrogens is 400 g/mol. The van der Waals surface area contributed by atoms with Crippen molar-refractivity contribution < 1.29 is 9.21 Å². The molecule has 0 aliphatic heterocycles. The number of aryl methyl sites for hydroxylation is 1. The topological polar surface area (TPSA) is 109 Å². The molecule has 0 saturated carbocycles. The molecule has 30 heavy (non-hydrogen) atoms. The lowest BCUT2D eigenvalue weighted by Crippen LogP contribution is -2.14. The standard InChI is InChI=1S/C22H14N4O3S/c1-13-5-4-6-14(9-13)21-25-26-22(30-21)24-20(28)15(11-23)10-16-12-29-18-8-3-2-7-17(18)19(16)27/h2-10,12H,1H3,(H,24,26,28)/b15-10-. The van der Waals surface area contributed by atoms with E-state index in [-0.39, 0.29) is 21.7 Å². The fourth-order valence-corrected chi connectivity index (χ4v) is 3.56. The van der Waals surface area contributed by atoms with Crippen molar-refractivity contribution in [3.63, 3.8) is 0 Å². The van der Waals surface area contributed by atoms with E-state index >= 15 is 0 Å². The molecule has 0 spiro atoms. The predicted molar refractivity (Wildman–Crippen MR) is 115 cm³/mol. The number of hydrogen-bond acceptors (Lipinski definition) is 7. The maximum atomic E-state index is 12.6. The van der Waals surface area contributed by atoms with Crippen LogP contribution in [0.5, 0.6) is 0 Å². The molecule has 0 aliphatic rings. The number of benzene rings is 2. The van der Waals surface area contributed by atoms with E-state index in [1.165, 1.54) is 23.7 Å². The number of fused-ring (bicyclic) bond motifs is 1. The molecular formula is C22H14N4O3S. The number of carbonyl (C=O) groups excluding carboxylic acids is 1. The van der Waals surface area contributed by atoms with Gasteiger partial charge in [-0.1, -0.05) is 47.2 Å². The normalized spacial score (nSPS) is 11.3. The highest BCUT2D eigenvalue weighted by Gasteiger charge is 2.15. The maximum absolute atomic E-state index is 12.6. The van der Waals surface area contributed by atoms with E-state index in [1.807, 2.05) is 37.3 Å². The number of nitriles is 1. The summed E-state index contributed by atoms with van der Waals surface area (Å²) in [6.45, 7) is 1.97. The summed E-state index contributed by atoms with van der Waals surface area (Å²) in [5, 5.41) is 21.3. The van der Waals surface area contributed by atoms with Crippen LogP contribution in [0.1, 0.15) is 11.1 Å². The molecule has 0 bridgehead atoms. The zero-order valence-electron chi connectivity index (χ0n) is 15.7. The van der Waals surface area contributed by atoms with Crippen molar-refractivity contribution in [2.45, 2.75) is 6.92 Å². The van der Waals surface area contributed by atoms with Gasteiger partial charge in [-0.05, 0) is 31.2 Å². The van der Waals surface area contributed by atoms with Crippen LogP contribution in [0, 0.1) is 18.3 Å². The van der Waals surface area contributed by atoms with Crippen molar-refractivity contribution in [1.29, 1.82) is 5.26 Å². The SMILES string of the molecule is Cc1cccc(-c2nnc(NC(=O)/C(C#N)=C\c3coc4ccccc4c3=O)s2)c1. The van der Waals surface area contributed by atoms with E-state index in [4.69, 9.17) is 4.42 Å². The van der Waals surface area contributed by atoms with Crippen LogP contribution in [0.3, 0.4) is 0 Å². The quantitative estimate of drug-likeness (QED) is 0.397. The van der Waals surface area contributed by atoms with Crippen molar-refractivity contribution in [2.24, 2.45) is 0 Å². The third-order valence-electron chi connectivity index (χ3n) is 4.28. The van der Waals surface area contributed by atoms with E-state index in [0.29, 0.717) is 16.0 Å². The van der Waals surface area contributed by atoms with E-state index in [1.54, 1.807) is 24.3 Å². The molecule has 2 aromatic carbocycles. The zero-order chi connectivity index (χ0) is 21.1. The van der Waals surface area contributed by atoms with E-state index in [9.17, 15) is 14.9 Å². The minimum Gasteiger partial charge on any atom is -0.463 e. The molecule has 4 aromatic rings. The number of nitrogens with zero attached hydrogens (tertiary/aromatic N) is 3. The molecule has 146 valence electrons. The Hall–Kier alpha value is -4.09. The van der Waals surface area contributed by atoms with Gasteiger partial charge in [-0.3, -0.25) is 14.9 Å². The van der Waals surface area contributed by atoms with Crippen molar-refractivity contribution in [1.82, 2.24) is 10.2 Å². The van der Waals surface area contributed by atoms with Gasteiger partial charge in [0.05, 0.1) is 10.9 Å². The van der Waals surface area contributed by atoms with Gasteiger partial charge in [0.15, 0.2) is 5.43 Å². The summed E-state index contributed by atoms with van der Waals surface area (Å²) in [7, 11) is 0. The molecule has 8 heteroatoms. The fourth-order valence-electron chi connectivity index (χ4n) is 2.83. The monoisotopic (exact) mass is 414 g/mol. The Morgan fingerprint density at radius 2 is 2.03 bits per heavy atom. The first-order chi connectivity index (χ1) is 14.5. The second-order valence-corrected chi connectivity index (χ2v) is 7.40. The Kier molecular flexibility index (Phi) is 5.20. The van der Waals surface area contributed by atoms with Crippen LogP contribution in [-0.4, -0.2) is 16.1 Å². The van der Waals surface area contributed by atoms with Gasteiger partial charge >= 0.3 is 0 Å². The molecule has 0 atom stereocenters. The minimum atomic E-state index is -0.683.